The van der Waals surface area contributed by atoms with Gasteiger partial charge < -0.3 is 19.3 Å². The molecule has 3 rings (SSSR count). The molecule has 2 aromatic heterocycles. The molecule has 1 aliphatic carbocycles. The molecule has 158 valence electrons. The number of rotatable bonds is 8. The number of ether oxygens (including phenoxy) is 2. The van der Waals surface area contributed by atoms with E-state index in [-0.39, 0.29) is 18.8 Å². The fraction of sp³-hybridized carbons (Fsp3) is 0.591. The van der Waals surface area contributed by atoms with Crippen LogP contribution in [0.25, 0.3) is 11.5 Å². The summed E-state index contributed by atoms with van der Waals surface area (Å²) in [5.74, 6) is 1.32. The molecule has 29 heavy (non-hydrogen) atoms. The second kappa shape index (κ2) is 10.3. The van der Waals surface area contributed by atoms with Gasteiger partial charge >= 0.3 is 6.09 Å². The average molecular weight is 402 g/mol. The molecule has 0 saturated heterocycles. The molecule has 0 bridgehead atoms. The van der Waals surface area contributed by atoms with E-state index in [4.69, 9.17) is 14.0 Å². The zero-order valence-corrected chi connectivity index (χ0v) is 17.6. The first-order chi connectivity index (χ1) is 14.1. The van der Waals surface area contributed by atoms with Gasteiger partial charge in [0.2, 0.25) is 0 Å². The van der Waals surface area contributed by atoms with Gasteiger partial charge in [-0.05, 0) is 58.1 Å². The van der Waals surface area contributed by atoms with Crippen LogP contribution < -0.4 is 10.1 Å². The van der Waals surface area contributed by atoms with Gasteiger partial charge in [0.25, 0.3) is 0 Å². The molecule has 1 atom stereocenters. The number of nitrogens with zero attached hydrogens (tertiary/aromatic N) is 2. The summed E-state index contributed by atoms with van der Waals surface area (Å²) >= 11 is 0. The summed E-state index contributed by atoms with van der Waals surface area (Å²) in [5, 5.41) is 6.82. The second-order valence-electron chi connectivity index (χ2n) is 7.69. The number of carbonyl (C=O) groups is 1. The van der Waals surface area contributed by atoms with Gasteiger partial charge in [0, 0.05) is 5.56 Å². The van der Waals surface area contributed by atoms with E-state index < -0.39 is 6.09 Å². The summed E-state index contributed by atoms with van der Waals surface area (Å²) in [7, 11) is 0. The maximum atomic E-state index is 12.0. The number of carbonyl (C=O) groups excluding carboxylic acids is 1. The molecular formula is C22H31N3O4. The number of nitrogens with one attached hydrogen (secondary N) is 1. The third-order valence-corrected chi connectivity index (χ3v) is 5.22. The van der Waals surface area contributed by atoms with Crippen LogP contribution in [0.4, 0.5) is 4.79 Å². The fourth-order valence-corrected chi connectivity index (χ4v) is 3.61. The molecule has 1 N–H and O–H groups in total. The minimum Gasteiger partial charge on any atom is -0.489 e. The highest BCUT2D eigenvalue weighted by Crippen LogP contribution is 2.27. The molecule has 7 nitrogen and oxygen atoms in total. The molecule has 1 fully saturated rings. The maximum Gasteiger partial charge on any atom is 0.407 e. The number of amides is 1. The summed E-state index contributed by atoms with van der Waals surface area (Å²) in [6.07, 6.45) is 9.21. The predicted octanol–water partition coefficient (Wildman–Crippen LogP) is 5.17. The molecule has 1 aliphatic rings. The lowest BCUT2D eigenvalue weighted by Crippen LogP contribution is -2.27. The van der Waals surface area contributed by atoms with Gasteiger partial charge in [-0.15, -0.1) is 0 Å². The van der Waals surface area contributed by atoms with E-state index >= 15 is 0 Å². The predicted molar refractivity (Wildman–Crippen MR) is 110 cm³/mol. The topological polar surface area (TPSA) is 86.5 Å². The molecule has 0 aromatic carbocycles. The molecule has 2 heterocycles. The number of hydrogen-bond acceptors (Lipinski definition) is 6. The van der Waals surface area contributed by atoms with Crippen molar-refractivity contribution in [3.63, 3.8) is 0 Å². The van der Waals surface area contributed by atoms with E-state index in [1.807, 2.05) is 26.0 Å². The molecule has 1 amide bonds. The lowest BCUT2D eigenvalue weighted by atomic mass is 9.98. The van der Waals surface area contributed by atoms with Crippen LogP contribution in [0.2, 0.25) is 0 Å². The maximum absolute atomic E-state index is 12.0. The zero-order valence-electron chi connectivity index (χ0n) is 17.6. The Morgan fingerprint density at radius 3 is 2.79 bits per heavy atom. The highest BCUT2D eigenvalue weighted by Gasteiger charge is 2.19. The largest absolute Gasteiger partial charge is 0.489 e. The van der Waals surface area contributed by atoms with Crippen molar-refractivity contribution in [3.05, 3.63) is 29.6 Å². The molecule has 0 radical (unpaired) electrons. The molecule has 7 heteroatoms. The number of hydrogen-bond donors (Lipinski definition) is 1. The van der Waals surface area contributed by atoms with Crippen LogP contribution in [0.3, 0.4) is 0 Å². The Morgan fingerprint density at radius 2 is 2.10 bits per heavy atom. The third kappa shape index (κ3) is 5.95. The van der Waals surface area contributed by atoms with Crippen molar-refractivity contribution in [1.82, 2.24) is 15.5 Å². The quantitative estimate of drug-likeness (QED) is 0.656. The van der Waals surface area contributed by atoms with E-state index in [2.05, 4.69) is 22.4 Å². The van der Waals surface area contributed by atoms with E-state index in [1.54, 1.807) is 6.20 Å². The van der Waals surface area contributed by atoms with Gasteiger partial charge in [0.1, 0.15) is 17.5 Å². The minimum atomic E-state index is -0.443. The smallest absolute Gasteiger partial charge is 0.407 e. The summed E-state index contributed by atoms with van der Waals surface area (Å²) in [5.41, 5.74) is 2.16. The average Bonchev–Trinajstić information content (AvgIpc) is 3.08. The van der Waals surface area contributed by atoms with Crippen LogP contribution in [0.1, 0.15) is 70.1 Å². The molecular weight excluding hydrogens is 370 g/mol. The Kier molecular flexibility index (Phi) is 7.49. The van der Waals surface area contributed by atoms with Crippen LogP contribution >= 0.6 is 0 Å². The normalized spacial score (nSPS) is 15.7. The fourth-order valence-electron chi connectivity index (χ4n) is 3.61. The first-order valence-electron chi connectivity index (χ1n) is 10.6. The SMILES string of the molecule is CCC[C@@H](C)OC(=O)NCc1c(C)noc1-c1ccc(OC2CCCCC2)cn1. The summed E-state index contributed by atoms with van der Waals surface area (Å²) < 4.78 is 16.8. The third-order valence-electron chi connectivity index (χ3n) is 5.22. The standard InChI is InChI=1S/C22H31N3O4/c1-4-8-15(2)27-22(26)24-14-19-16(3)25-29-21(19)20-12-11-18(13-23-20)28-17-9-6-5-7-10-17/h11-13,15,17H,4-10,14H2,1-3H3,(H,24,26)/t15-/m1/s1. The van der Waals surface area contributed by atoms with Crippen molar-refractivity contribution in [2.45, 2.75) is 84.5 Å². The Labute approximate surface area is 172 Å². The summed E-state index contributed by atoms with van der Waals surface area (Å²) in [4.78, 5) is 16.5. The van der Waals surface area contributed by atoms with Gasteiger partial charge in [-0.1, -0.05) is 24.9 Å². The van der Waals surface area contributed by atoms with Gasteiger partial charge in [0.15, 0.2) is 5.76 Å². The molecule has 0 aliphatic heterocycles. The van der Waals surface area contributed by atoms with Crippen LogP contribution in [-0.2, 0) is 11.3 Å². The number of alkyl carbamates (subject to hydrolysis) is 1. The molecule has 1 saturated carbocycles. The summed E-state index contributed by atoms with van der Waals surface area (Å²) in [6.45, 7) is 6.06. The summed E-state index contributed by atoms with van der Waals surface area (Å²) in [6, 6.07) is 3.77. The van der Waals surface area contributed by atoms with Gasteiger partial charge in [0.05, 0.1) is 24.5 Å². The number of aromatic nitrogens is 2. The van der Waals surface area contributed by atoms with Crippen molar-refractivity contribution in [1.29, 1.82) is 0 Å². The Hall–Kier alpha value is -2.57. The van der Waals surface area contributed by atoms with Crippen LogP contribution in [0, 0.1) is 6.92 Å². The minimum absolute atomic E-state index is 0.110. The first-order valence-corrected chi connectivity index (χ1v) is 10.6. The lowest BCUT2D eigenvalue weighted by molar-refractivity contribution is 0.101. The number of aryl methyl sites for hydroxylation is 1. The molecule has 0 spiro atoms. The van der Waals surface area contributed by atoms with Gasteiger partial charge in [-0.2, -0.15) is 0 Å². The second-order valence-corrected chi connectivity index (χ2v) is 7.69. The van der Waals surface area contributed by atoms with Crippen molar-refractivity contribution in [3.8, 4) is 17.2 Å². The lowest BCUT2D eigenvalue weighted by Gasteiger charge is -2.22. The van der Waals surface area contributed by atoms with Crippen molar-refractivity contribution < 1.29 is 18.8 Å². The van der Waals surface area contributed by atoms with Crippen molar-refractivity contribution >= 4 is 6.09 Å². The zero-order chi connectivity index (χ0) is 20.6. The molecule has 2 aromatic rings. The van der Waals surface area contributed by atoms with Crippen molar-refractivity contribution in [2.75, 3.05) is 0 Å². The van der Waals surface area contributed by atoms with E-state index in [0.717, 1.165) is 37.0 Å². The highest BCUT2D eigenvalue weighted by molar-refractivity contribution is 5.68. The first kappa shape index (κ1) is 21.1. The Bertz CT molecular complexity index is 782. The number of pyridine rings is 1. The highest BCUT2D eigenvalue weighted by atomic mass is 16.6. The van der Waals surface area contributed by atoms with E-state index in [9.17, 15) is 4.79 Å². The van der Waals surface area contributed by atoms with E-state index in [0.29, 0.717) is 17.1 Å². The van der Waals surface area contributed by atoms with Gasteiger partial charge in [-0.3, -0.25) is 0 Å². The Morgan fingerprint density at radius 1 is 1.31 bits per heavy atom. The van der Waals surface area contributed by atoms with Crippen LogP contribution in [0.5, 0.6) is 5.75 Å². The van der Waals surface area contributed by atoms with E-state index in [1.165, 1.54) is 19.3 Å². The van der Waals surface area contributed by atoms with Gasteiger partial charge in [-0.25, -0.2) is 9.78 Å². The Balaban J connectivity index is 1.61. The van der Waals surface area contributed by atoms with Crippen LogP contribution in [0.15, 0.2) is 22.9 Å². The monoisotopic (exact) mass is 401 g/mol. The van der Waals surface area contributed by atoms with Crippen LogP contribution in [-0.4, -0.2) is 28.4 Å². The molecule has 0 unspecified atom stereocenters. The van der Waals surface area contributed by atoms with Crippen molar-refractivity contribution in [2.24, 2.45) is 0 Å².